The highest BCUT2D eigenvalue weighted by Crippen LogP contribution is 2.21. The Bertz CT molecular complexity index is 296. The molecule has 2 N–H and O–H groups in total. The molecule has 0 bridgehead atoms. The van der Waals surface area contributed by atoms with Crippen LogP contribution in [0.2, 0.25) is 0 Å². The molecule has 2 nitrogen and oxygen atoms in total. The quantitative estimate of drug-likeness (QED) is 0.796. The Morgan fingerprint density at radius 2 is 2.14 bits per heavy atom. The predicted molar refractivity (Wildman–Crippen MR) is 59.7 cm³/mol. The monoisotopic (exact) mass is 193 g/mol. The second kappa shape index (κ2) is 5.01. The van der Waals surface area contributed by atoms with E-state index in [0.29, 0.717) is 0 Å². The summed E-state index contributed by atoms with van der Waals surface area (Å²) in [6.45, 7) is 4.19. The Morgan fingerprint density at radius 3 is 2.71 bits per heavy atom. The lowest BCUT2D eigenvalue weighted by molar-refractivity contribution is 0.407. The molecule has 1 aromatic rings. The Balaban J connectivity index is 2.87. The summed E-state index contributed by atoms with van der Waals surface area (Å²) >= 11 is 0. The molecule has 0 saturated heterocycles. The van der Waals surface area contributed by atoms with Gasteiger partial charge in [-0.25, -0.2) is 0 Å². The summed E-state index contributed by atoms with van der Waals surface area (Å²) in [6, 6.07) is 6.44. The number of methoxy groups -OCH3 is 1. The van der Waals surface area contributed by atoms with Crippen LogP contribution in [0.4, 0.5) is 0 Å². The average Bonchev–Trinajstić information content (AvgIpc) is 2.18. The topological polar surface area (TPSA) is 35.2 Å². The number of benzene rings is 1. The standard InChI is InChI=1S/C12H19NO/c1-4-11(13)8-10-7-9(2)5-6-12(10)14-3/h5-7,11H,4,8,13H2,1-3H3. The molecule has 0 aliphatic heterocycles. The van der Waals surface area contributed by atoms with Crippen LogP contribution in [0.15, 0.2) is 18.2 Å². The van der Waals surface area contributed by atoms with E-state index < -0.39 is 0 Å². The smallest absolute Gasteiger partial charge is 0.122 e. The van der Waals surface area contributed by atoms with Crippen LogP contribution in [0.25, 0.3) is 0 Å². The molecule has 0 heterocycles. The molecular weight excluding hydrogens is 174 g/mol. The maximum absolute atomic E-state index is 5.92. The SMILES string of the molecule is CCC(N)Cc1cc(C)ccc1OC. The summed E-state index contributed by atoms with van der Waals surface area (Å²) in [7, 11) is 1.70. The van der Waals surface area contributed by atoms with Crippen LogP contribution in [0.3, 0.4) is 0 Å². The van der Waals surface area contributed by atoms with Gasteiger partial charge >= 0.3 is 0 Å². The third-order valence-corrected chi connectivity index (χ3v) is 2.44. The van der Waals surface area contributed by atoms with Crippen LogP contribution in [-0.4, -0.2) is 13.2 Å². The van der Waals surface area contributed by atoms with E-state index >= 15 is 0 Å². The normalized spacial score (nSPS) is 12.6. The third kappa shape index (κ3) is 2.74. The van der Waals surface area contributed by atoms with Crippen molar-refractivity contribution in [3.05, 3.63) is 29.3 Å². The van der Waals surface area contributed by atoms with Crippen molar-refractivity contribution in [3.63, 3.8) is 0 Å². The number of nitrogens with two attached hydrogens (primary N) is 1. The van der Waals surface area contributed by atoms with Crippen LogP contribution in [0, 0.1) is 6.92 Å². The minimum absolute atomic E-state index is 0.227. The first-order valence-electron chi connectivity index (χ1n) is 5.06. The molecule has 1 rings (SSSR count). The number of hydrogen-bond acceptors (Lipinski definition) is 2. The van der Waals surface area contributed by atoms with Crippen LogP contribution >= 0.6 is 0 Å². The summed E-state index contributed by atoms with van der Waals surface area (Å²) in [5, 5.41) is 0. The molecule has 1 atom stereocenters. The van der Waals surface area contributed by atoms with Crippen LogP contribution < -0.4 is 10.5 Å². The summed E-state index contributed by atoms with van der Waals surface area (Å²) < 4.78 is 5.29. The Hall–Kier alpha value is -1.02. The molecule has 78 valence electrons. The van der Waals surface area contributed by atoms with Crippen molar-refractivity contribution in [1.29, 1.82) is 0 Å². The van der Waals surface area contributed by atoms with Crippen molar-refractivity contribution in [1.82, 2.24) is 0 Å². The van der Waals surface area contributed by atoms with Crippen molar-refractivity contribution in [2.24, 2.45) is 5.73 Å². The minimum Gasteiger partial charge on any atom is -0.496 e. The van der Waals surface area contributed by atoms with E-state index in [-0.39, 0.29) is 6.04 Å². The largest absolute Gasteiger partial charge is 0.496 e. The van der Waals surface area contributed by atoms with Gasteiger partial charge in [0.2, 0.25) is 0 Å². The van der Waals surface area contributed by atoms with E-state index in [0.717, 1.165) is 18.6 Å². The summed E-state index contributed by atoms with van der Waals surface area (Å²) in [5.74, 6) is 0.944. The molecule has 1 unspecified atom stereocenters. The number of rotatable bonds is 4. The molecule has 0 spiro atoms. The van der Waals surface area contributed by atoms with Gasteiger partial charge in [-0.2, -0.15) is 0 Å². The first kappa shape index (κ1) is 11.1. The molecule has 0 aliphatic carbocycles. The number of aryl methyl sites for hydroxylation is 1. The van der Waals surface area contributed by atoms with Gasteiger partial charge in [-0.3, -0.25) is 0 Å². The first-order chi connectivity index (χ1) is 6.67. The molecule has 1 aromatic carbocycles. The zero-order chi connectivity index (χ0) is 10.6. The zero-order valence-corrected chi connectivity index (χ0v) is 9.21. The maximum Gasteiger partial charge on any atom is 0.122 e. The van der Waals surface area contributed by atoms with E-state index in [2.05, 4.69) is 26.0 Å². The van der Waals surface area contributed by atoms with Gasteiger partial charge in [-0.15, -0.1) is 0 Å². The Morgan fingerprint density at radius 1 is 1.43 bits per heavy atom. The fraction of sp³-hybridized carbons (Fsp3) is 0.500. The number of ether oxygens (including phenoxy) is 1. The van der Waals surface area contributed by atoms with Crippen LogP contribution in [0.1, 0.15) is 24.5 Å². The molecule has 0 amide bonds. The van der Waals surface area contributed by atoms with Crippen molar-refractivity contribution in [2.75, 3.05) is 7.11 Å². The molecule has 0 radical (unpaired) electrons. The molecule has 2 heteroatoms. The molecule has 14 heavy (non-hydrogen) atoms. The van der Waals surface area contributed by atoms with Crippen molar-refractivity contribution in [3.8, 4) is 5.75 Å². The lowest BCUT2D eigenvalue weighted by atomic mass is 10.0. The minimum atomic E-state index is 0.227. The predicted octanol–water partition coefficient (Wildman–Crippen LogP) is 2.28. The second-order valence-electron chi connectivity index (χ2n) is 3.69. The van der Waals surface area contributed by atoms with E-state index in [1.165, 1.54) is 11.1 Å². The van der Waals surface area contributed by atoms with E-state index in [1.54, 1.807) is 7.11 Å². The van der Waals surface area contributed by atoms with Gasteiger partial charge in [-0.05, 0) is 31.4 Å². The fourth-order valence-electron chi connectivity index (χ4n) is 1.49. The highest BCUT2D eigenvalue weighted by atomic mass is 16.5. The summed E-state index contributed by atoms with van der Waals surface area (Å²) in [4.78, 5) is 0. The number of hydrogen-bond donors (Lipinski definition) is 1. The summed E-state index contributed by atoms with van der Waals surface area (Å²) in [5.41, 5.74) is 8.39. The summed E-state index contributed by atoms with van der Waals surface area (Å²) in [6.07, 6.45) is 1.89. The lowest BCUT2D eigenvalue weighted by Crippen LogP contribution is -2.21. The lowest BCUT2D eigenvalue weighted by Gasteiger charge is -2.13. The highest BCUT2D eigenvalue weighted by Gasteiger charge is 2.07. The van der Waals surface area contributed by atoms with Gasteiger partial charge < -0.3 is 10.5 Å². The highest BCUT2D eigenvalue weighted by molar-refractivity contribution is 5.37. The second-order valence-corrected chi connectivity index (χ2v) is 3.69. The van der Waals surface area contributed by atoms with Crippen LogP contribution in [0.5, 0.6) is 5.75 Å². The Labute approximate surface area is 86.1 Å². The van der Waals surface area contributed by atoms with Gasteiger partial charge in [0, 0.05) is 6.04 Å². The zero-order valence-electron chi connectivity index (χ0n) is 9.21. The molecule has 0 aromatic heterocycles. The van der Waals surface area contributed by atoms with E-state index in [4.69, 9.17) is 10.5 Å². The first-order valence-corrected chi connectivity index (χ1v) is 5.06. The van der Waals surface area contributed by atoms with Gasteiger partial charge in [-0.1, -0.05) is 24.6 Å². The van der Waals surface area contributed by atoms with Gasteiger partial charge in [0.25, 0.3) is 0 Å². The molecule has 0 aliphatic rings. The van der Waals surface area contributed by atoms with Crippen LogP contribution in [-0.2, 0) is 6.42 Å². The van der Waals surface area contributed by atoms with Gasteiger partial charge in [0.05, 0.1) is 7.11 Å². The molecule has 0 saturated carbocycles. The molecular formula is C12H19NO. The van der Waals surface area contributed by atoms with Crippen molar-refractivity contribution < 1.29 is 4.74 Å². The third-order valence-electron chi connectivity index (χ3n) is 2.44. The van der Waals surface area contributed by atoms with Crippen molar-refractivity contribution in [2.45, 2.75) is 32.7 Å². The van der Waals surface area contributed by atoms with E-state index in [9.17, 15) is 0 Å². The van der Waals surface area contributed by atoms with Gasteiger partial charge in [0.15, 0.2) is 0 Å². The maximum atomic E-state index is 5.92. The molecule has 0 fully saturated rings. The van der Waals surface area contributed by atoms with Crippen molar-refractivity contribution >= 4 is 0 Å². The fourth-order valence-corrected chi connectivity index (χ4v) is 1.49. The van der Waals surface area contributed by atoms with Gasteiger partial charge in [0.1, 0.15) is 5.75 Å². The van der Waals surface area contributed by atoms with E-state index in [1.807, 2.05) is 6.07 Å². The Kier molecular flexibility index (Phi) is 3.96. The average molecular weight is 193 g/mol.